The zero-order valence-corrected chi connectivity index (χ0v) is 19.5. The lowest BCUT2D eigenvalue weighted by molar-refractivity contribution is 0.0960. The number of carbonyl (C=O) groups is 1. The molecule has 0 fully saturated rings. The molecule has 0 saturated heterocycles. The minimum Gasteiger partial charge on any atom is -0.507 e. The zero-order valence-electron chi connectivity index (χ0n) is 18.0. The molecule has 7 nitrogen and oxygen atoms in total. The van der Waals surface area contributed by atoms with Crippen molar-refractivity contribution in [3.8, 4) is 5.75 Å². The number of phenolic OH excluding ortho intramolecular Hbond substituents is 1. The molecule has 0 aliphatic heterocycles. The number of rotatable bonds is 9. The molecule has 0 aromatic heterocycles. The Morgan fingerprint density at radius 2 is 1.73 bits per heavy atom. The van der Waals surface area contributed by atoms with Crippen LogP contribution in [0, 0.1) is 0 Å². The van der Waals surface area contributed by atoms with E-state index in [9.17, 15) is 23.4 Å². The second kappa shape index (κ2) is 10.8. The number of hydrogen-bond acceptors (Lipinski definition) is 6. The summed E-state index contributed by atoms with van der Waals surface area (Å²) < 4.78 is 25.9. The molecule has 1 atom stereocenters. The van der Waals surface area contributed by atoms with Crippen LogP contribution in [0.1, 0.15) is 27.6 Å². The Bertz CT molecular complexity index is 1230. The van der Waals surface area contributed by atoms with Crippen LogP contribution in [0.5, 0.6) is 5.75 Å². The van der Waals surface area contributed by atoms with Crippen LogP contribution in [-0.2, 0) is 16.3 Å². The number of benzene rings is 3. The lowest BCUT2D eigenvalue weighted by Crippen LogP contribution is -2.23. The average Bonchev–Trinajstić information content (AvgIpc) is 2.81. The second-order valence-electron chi connectivity index (χ2n) is 7.43. The molecule has 0 heterocycles. The van der Waals surface area contributed by atoms with Crippen LogP contribution < -0.4 is 10.6 Å². The van der Waals surface area contributed by atoms with E-state index in [0.717, 1.165) is 17.2 Å². The summed E-state index contributed by atoms with van der Waals surface area (Å²) in [6, 6.07) is 17.1. The van der Waals surface area contributed by atoms with Crippen molar-refractivity contribution in [2.24, 2.45) is 0 Å². The Labute approximate surface area is 198 Å². The van der Waals surface area contributed by atoms with Gasteiger partial charge in [0.05, 0.1) is 21.5 Å². The highest BCUT2D eigenvalue weighted by Crippen LogP contribution is 2.26. The molecule has 4 N–H and O–H groups in total. The van der Waals surface area contributed by atoms with E-state index >= 15 is 0 Å². The molecule has 1 amide bonds. The number of amides is 1. The molecular formula is C24H25ClN2O5S. The van der Waals surface area contributed by atoms with Gasteiger partial charge in [-0.2, -0.15) is 0 Å². The van der Waals surface area contributed by atoms with Crippen LogP contribution in [0.4, 0.5) is 0 Å². The third kappa shape index (κ3) is 6.11. The van der Waals surface area contributed by atoms with Crippen molar-refractivity contribution in [1.29, 1.82) is 0 Å². The number of aliphatic hydroxyl groups excluding tert-OH is 1. The lowest BCUT2D eigenvalue weighted by Gasteiger charge is -2.13. The zero-order chi connectivity index (χ0) is 24.0. The largest absolute Gasteiger partial charge is 0.507 e. The van der Waals surface area contributed by atoms with Crippen molar-refractivity contribution in [2.45, 2.75) is 22.3 Å². The first-order valence-electron chi connectivity index (χ1n) is 10.3. The van der Waals surface area contributed by atoms with Gasteiger partial charge in [0.2, 0.25) is 9.84 Å². The molecule has 3 rings (SSSR count). The summed E-state index contributed by atoms with van der Waals surface area (Å²) in [5, 5.41) is 26.2. The van der Waals surface area contributed by atoms with Gasteiger partial charge >= 0.3 is 0 Å². The normalized spacial score (nSPS) is 12.3. The van der Waals surface area contributed by atoms with Crippen LogP contribution in [0.25, 0.3) is 0 Å². The van der Waals surface area contributed by atoms with E-state index in [1.807, 2.05) is 6.07 Å². The Hall–Kier alpha value is -2.91. The fraction of sp³-hybridized carbons (Fsp3) is 0.208. The van der Waals surface area contributed by atoms with Gasteiger partial charge in [0.1, 0.15) is 5.75 Å². The van der Waals surface area contributed by atoms with E-state index in [2.05, 4.69) is 10.6 Å². The molecule has 0 radical (unpaired) electrons. The predicted octanol–water partition coefficient (Wildman–Crippen LogP) is 3.10. The molecule has 0 unspecified atom stereocenters. The topological polar surface area (TPSA) is 116 Å². The van der Waals surface area contributed by atoms with Crippen molar-refractivity contribution in [3.05, 3.63) is 88.4 Å². The fourth-order valence-electron chi connectivity index (χ4n) is 3.27. The molecule has 0 aliphatic carbocycles. The first kappa shape index (κ1) is 24.7. The smallest absolute Gasteiger partial charge is 0.254 e. The summed E-state index contributed by atoms with van der Waals surface area (Å²) in [4.78, 5) is 11.9. The molecule has 0 saturated carbocycles. The quantitative estimate of drug-likeness (QED) is 0.344. The first-order chi connectivity index (χ1) is 15.7. The number of hydrogen-bond donors (Lipinski definition) is 4. The molecule has 0 aliphatic rings. The van der Waals surface area contributed by atoms with Gasteiger partial charge in [-0.05, 0) is 66.6 Å². The van der Waals surface area contributed by atoms with Gasteiger partial charge in [0.25, 0.3) is 5.91 Å². The summed E-state index contributed by atoms with van der Waals surface area (Å²) in [5.41, 5.74) is 1.55. The number of aliphatic hydroxyl groups is 1. The monoisotopic (exact) mass is 488 g/mol. The van der Waals surface area contributed by atoms with Crippen molar-refractivity contribution in [1.82, 2.24) is 10.6 Å². The van der Waals surface area contributed by atoms with Gasteiger partial charge in [0, 0.05) is 18.6 Å². The molecular weight excluding hydrogens is 464 g/mol. The van der Waals surface area contributed by atoms with Crippen LogP contribution in [0.3, 0.4) is 0 Å². The predicted molar refractivity (Wildman–Crippen MR) is 126 cm³/mol. The second-order valence-corrected chi connectivity index (χ2v) is 9.82. The first-order valence-corrected chi connectivity index (χ1v) is 12.1. The maximum absolute atomic E-state index is 13.0. The number of nitrogens with one attached hydrogen (secondary N) is 2. The summed E-state index contributed by atoms with van der Waals surface area (Å²) in [5.74, 6) is -0.871. The number of aromatic hydroxyl groups is 1. The van der Waals surface area contributed by atoms with Crippen LogP contribution >= 0.6 is 11.6 Å². The highest BCUT2D eigenvalue weighted by atomic mass is 35.5. The third-order valence-corrected chi connectivity index (χ3v) is 7.15. The number of carbonyl (C=O) groups excluding carboxylic acids is 1. The SMILES string of the molecule is CNC(=O)c1cc(S(=O)(=O)c2ccc(CCNC[C@@H](O)c3cccc(Cl)c3)cc2)ccc1O. The van der Waals surface area contributed by atoms with Gasteiger partial charge < -0.3 is 20.8 Å². The van der Waals surface area contributed by atoms with Gasteiger partial charge in [-0.3, -0.25) is 4.79 Å². The average molecular weight is 489 g/mol. The maximum Gasteiger partial charge on any atom is 0.254 e. The molecule has 0 bridgehead atoms. The molecule has 33 heavy (non-hydrogen) atoms. The standard InChI is InChI=1S/C24H25ClN2O5S/c1-26-24(30)21-14-20(9-10-22(21)28)33(31,32)19-7-5-16(6-8-19)11-12-27-15-23(29)17-3-2-4-18(25)13-17/h2-10,13-14,23,27-29H,11-12,15H2,1H3,(H,26,30)/t23-/m1/s1. The van der Waals surface area contributed by atoms with Crippen molar-refractivity contribution < 1.29 is 23.4 Å². The Morgan fingerprint density at radius 1 is 1.03 bits per heavy atom. The van der Waals surface area contributed by atoms with Crippen molar-refractivity contribution in [2.75, 3.05) is 20.1 Å². The maximum atomic E-state index is 13.0. The van der Waals surface area contributed by atoms with Gasteiger partial charge in [-0.25, -0.2) is 8.42 Å². The molecule has 174 valence electrons. The van der Waals surface area contributed by atoms with Gasteiger partial charge in [0.15, 0.2) is 0 Å². The van der Waals surface area contributed by atoms with Gasteiger partial charge in [-0.1, -0.05) is 35.9 Å². The summed E-state index contributed by atoms with van der Waals surface area (Å²) in [6.07, 6.45) is -0.0379. The van der Waals surface area contributed by atoms with Crippen molar-refractivity contribution >= 4 is 27.3 Å². The minimum atomic E-state index is -3.86. The highest BCUT2D eigenvalue weighted by molar-refractivity contribution is 7.91. The Morgan fingerprint density at radius 3 is 2.39 bits per heavy atom. The van der Waals surface area contributed by atoms with E-state index in [4.69, 9.17) is 11.6 Å². The van der Waals surface area contributed by atoms with Crippen molar-refractivity contribution in [3.63, 3.8) is 0 Å². The lowest BCUT2D eigenvalue weighted by atomic mass is 10.1. The Balaban J connectivity index is 1.61. The summed E-state index contributed by atoms with van der Waals surface area (Å²) >= 11 is 5.95. The highest BCUT2D eigenvalue weighted by Gasteiger charge is 2.21. The van der Waals surface area contributed by atoms with Crippen LogP contribution in [-0.4, -0.2) is 44.7 Å². The summed E-state index contributed by atoms with van der Waals surface area (Å²) in [6.45, 7) is 0.957. The molecule has 9 heteroatoms. The van der Waals surface area contributed by atoms with Crippen LogP contribution in [0.15, 0.2) is 76.5 Å². The third-order valence-electron chi connectivity index (χ3n) is 5.15. The van der Waals surface area contributed by atoms with E-state index in [-0.39, 0.29) is 21.1 Å². The molecule has 3 aromatic carbocycles. The number of phenols is 1. The Kier molecular flexibility index (Phi) is 8.10. The minimum absolute atomic E-state index is 0.0803. The number of halogens is 1. The van der Waals surface area contributed by atoms with E-state index in [1.165, 1.54) is 31.3 Å². The van der Waals surface area contributed by atoms with Gasteiger partial charge in [-0.15, -0.1) is 0 Å². The van der Waals surface area contributed by atoms with E-state index in [1.54, 1.807) is 30.3 Å². The van der Waals surface area contributed by atoms with E-state index < -0.39 is 21.8 Å². The fourth-order valence-corrected chi connectivity index (χ4v) is 4.76. The molecule has 3 aromatic rings. The molecule has 0 spiro atoms. The number of sulfone groups is 1. The van der Waals surface area contributed by atoms with E-state index in [0.29, 0.717) is 24.5 Å². The van der Waals surface area contributed by atoms with Crippen LogP contribution in [0.2, 0.25) is 5.02 Å². The summed E-state index contributed by atoms with van der Waals surface area (Å²) in [7, 11) is -2.46.